The predicted molar refractivity (Wildman–Crippen MR) is 136 cm³/mol. The van der Waals surface area contributed by atoms with E-state index in [4.69, 9.17) is 27.5 Å². The maximum Gasteiger partial charge on any atom is 0.303 e. The molecule has 0 aliphatic heterocycles. The molecule has 0 spiro atoms. The van der Waals surface area contributed by atoms with E-state index in [1.54, 1.807) is 0 Å². The van der Waals surface area contributed by atoms with Gasteiger partial charge in [-0.1, -0.05) is 29.4 Å². The minimum Gasteiger partial charge on any atom is -0.481 e. The third kappa shape index (κ3) is 12.6. The molecule has 210 valence electrons. The van der Waals surface area contributed by atoms with Crippen LogP contribution in [0, 0.1) is 0 Å². The van der Waals surface area contributed by atoms with Crippen LogP contribution in [0.2, 0.25) is 0 Å². The number of sulfonamides is 1. The molecule has 2 amide bonds. The summed E-state index contributed by atoms with van der Waals surface area (Å²) in [6, 6.07) is 3.36. The number of aldehydes is 1. The van der Waals surface area contributed by atoms with Gasteiger partial charge in [0.2, 0.25) is 21.8 Å². The number of amidine groups is 1. The molecule has 11 N–H and O–H groups in total. The number of hydrogen-bond acceptors (Lipinski definition) is 9. The van der Waals surface area contributed by atoms with Crippen molar-refractivity contribution in [2.24, 2.45) is 27.3 Å². The zero-order chi connectivity index (χ0) is 28.7. The second-order valence-corrected chi connectivity index (χ2v) is 9.77. The number of guanidine groups is 1. The smallest absolute Gasteiger partial charge is 0.303 e. The Morgan fingerprint density at radius 2 is 1.74 bits per heavy atom. The summed E-state index contributed by atoms with van der Waals surface area (Å²) >= 11 is 0. The van der Waals surface area contributed by atoms with Crippen LogP contribution in [0.3, 0.4) is 0 Å². The van der Waals surface area contributed by atoms with Gasteiger partial charge in [0.05, 0.1) is 18.3 Å². The molecule has 0 radical (unpaired) electrons. The van der Waals surface area contributed by atoms with Crippen molar-refractivity contribution >= 4 is 45.9 Å². The second-order valence-electron chi connectivity index (χ2n) is 8.02. The molecule has 0 saturated heterocycles. The van der Waals surface area contributed by atoms with Crippen molar-refractivity contribution in [3.63, 3.8) is 0 Å². The number of carbonyl (C=O) groups is 4. The van der Waals surface area contributed by atoms with Crippen LogP contribution in [0.4, 0.5) is 0 Å². The van der Waals surface area contributed by atoms with Gasteiger partial charge in [-0.25, -0.2) is 13.1 Å². The lowest BCUT2D eigenvalue weighted by molar-refractivity contribution is -0.137. The number of carboxylic acids is 1. The molecule has 1 aromatic carbocycles. The van der Waals surface area contributed by atoms with Gasteiger partial charge in [-0.3, -0.25) is 19.4 Å². The SMILES string of the molecule is NC(N)=NCCCC(C=O)NC(=O)CNC(=O)C(CCC(=O)O)NS(=O)(=O)Cc1ccc(/C(N)=N\O)cc1. The first-order chi connectivity index (χ1) is 17.9. The maximum absolute atomic E-state index is 12.7. The summed E-state index contributed by atoms with van der Waals surface area (Å²) in [5, 5.41) is 25.1. The number of carboxylic acid groups (broad SMARTS) is 1. The molecular formula is C21H32N8O8S. The first-order valence-electron chi connectivity index (χ1n) is 11.2. The number of benzene rings is 1. The second kappa shape index (κ2) is 15.8. The number of oxime groups is 1. The van der Waals surface area contributed by atoms with Crippen molar-refractivity contribution in [1.29, 1.82) is 0 Å². The summed E-state index contributed by atoms with van der Waals surface area (Å²) in [5.41, 5.74) is 16.5. The molecule has 0 bridgehead atoms. The van der Waals surface area contributed by atoms with Crippen LogP contribution in [0.25, 0.3) is 0 Å². The Labute approximate surface area is 218 Å². The summed E-state index contributed by atoms with van der Waals surface area (Å²) in [7, 11) is -4.14. The number of carbonyl (C=O) groups excluding carboxylic acids is 3. The highest BCUT2D eigenvalue weighted by molar-refractivity contribution is 7.88. The lowest BCUT2D eigenvalue weighted by atomic mass is 10.1. The lowest BCUT2D eigenvalue weighted by Gasteiger charge is -2.18. The summed E-state index contributed by atoms with van der Waals surface area (Å²) in [6.45, 7) is -0.336. The van der Waals surface area contributed by atoms with Crippen molar-refractivity contribution < 1.29 is 37.9 Å². The first kappa shape index (κ1) is 31.8. The van der Waals surface area contributed by atoms with Crippen LogP contribution >= 0.6 is 0 Å². The average Bonchev–Trinajstić information content (AvgIpc) is 2.86. The van der Waals surface area contributed by atoms with Gasteiger partial charge in [0.25, 0.3) is 0 Å². The standard InChI is InChI=1S/C21H32N8O8S/c22-19(28-35)14-5-3-13(4-6-14)12-38(36,37)29-16(7-8-18(32)33)20(34)26-10-17(31)27-15(11-30)2-1-9-25-21(23)24/h3-6,11,15-16,29,35H,1-2,7-10,12H2,(H2,22,28)(H,26,34)(H,27,31)(H,32,33)(H4,23,24,25). The Balaban J connectivity index is 2.76. The van der Waals surface area contributed by atoms with Gasteiger partial charge in [-0.05, 0) is 24.8 Å². The summed E-state index contributed by atoms with van der Waals surface area (Å²) in [5.74, 6) is -3.73. The molecule has 17 heteroatoms. The number of nitrogens with one attached hydrogen (secondary N) is 3. The molecule has 1 rings (SSSR count). The number of nitrogens with two attached hydrogens (primary N) is 3. The van der Waals surface area contributed by atoms with Crippen molar-refractivity contribution in [3.05, 3.63) is 35.4 Å². The monoisotopic (exact) mass is 556 g/mol. The largest absolute Gasteiger partial charge is 0.481 e. The van der Waals surface area contributed by atoms with Crippen LogP contribution in [0.15, 0.2) is 34.4 Å². The van der Waals surface area contributed by atoms with E-state index in [0.717, 1.165) is 0 Å². The molecule has 38 heavy (non-hydrogen) atoms. The van der Waals surface area contributed by atoms with Crippen LogP contribution in [-0.2, 0) is 35.0 Å². The number of aliphatic imine (C=N–C) groups is 1. The minimum absolute atomic E-state index is 0.108. The molecule has 2 unspecified atom stereocenters. The fourth-order valence-electron chi connectivity index (χ4n) is 3.06. The average molecular weight is 557 g/mol. The van der Waals surface area contributed by atoms with Crippen LogP contribution in [0.5, 0.6) is 0 Å². The number of hydrogen-bond donors (Lipinski definition) is 8. The Kier molecular flexibility index (Phi) is 13.2. The van der Waals surface area contributed by atoms with E-state index in [0.29, 0.717) is 23.8 Å². The Morgan fingerprint density at radius 3 is 2.29 bits per heavy atom. The van der Waals surface area contributed by atoms with Crippen LogP contribution < -0.4 is 32.6 Å². The summed E-state index contributed by atoms with van der Waals surface area (Å²) in [6.07, 6.45) is 0.243. The molecular weight excluding hydrogens is 524 g/mol. The highest BCUT2D eigenvalue weighted by Crippen LogP contribution is 2.10. The molecule has 1 aromatic rings. The van der Waals surface area contributed by atoms with Crippen molar-refractivity contribution in [2.75, 3.05) is 13.1 Å². The number of rotatable bonds is 17. The van der Waals surface area contributed by atoms with Crippen LogP contribution in [-0.4, -0.2) is 79.8 Å². The normalized spacial score (nSPS) is 13.1. The zero-order valence-electron chi connectivity index (χ0n) is 20.4. The minimum atomic E-state index is -4.14. The predicted octanol–water partition coefficient (Wildman–Crippen LogP) is -2.71. The molecule has 2 atom stereocenters. The third-order valence-corrected chi connectivity index (χ3v) is 6.26. The maximum atomic E-state index is 12.7. The van der Waals surface area contributed by atoms with Gasteiger partial charge >= 0.3 is 5.97 Å². The molecule has 0 saturated carbocycles. The number of amides is 2. The van der Waals surface area contributed by atoms with Crippen molar-refractivity contribution in [3.8, 4) is 0 Å². The third-order valence-electron chi connectivity index (χ3n) is 4.90. The van der Waals surface area contributed by atoms with E-state index in [9.17, 15) is 27.6 Å². The van der Waals surface area contributed by atoms with Gasteiger partial charge in [0.15, 0.2) is 11.8 Å². The summed E-state index contributed by atoms with van der Waals surface area (Å²) in [4.78, 5) is 50.7. The van der Waals surface area contributed by atoms with E-state index < -0.39 is 58.6 Å². The van der Waals surface area contributed by atoms with Gasteiger partial charge in [-0.15, -0.1) is 0 Å². The van der Waals surface area contributed by atoms with Crippen molar-refractivity contribution in [1.82, 2.24) is 15.4 Å². The van der Waals surface area contributed by atoms with Gasteiger partial charge in [0, 0.05) is 18.5 Å². The molecule has 0 fully saturated rings. The van der Waals surface area contributed by atoms with E-state index >= 15 is 0 Å². The number of aliphatic carboxylic acids is 1. The van der Waals surface area contributed by atoms with Gasteiger partial charge < -0.3 is 42.9 Å². The highest BCUT2D eigenvalue weighted by Gasteiger charge is 2.26. The van der Waals surface area contributed by atoms with Gasteiger partial charge in [0.1, 0.15) is 12.3 Å². The molecule has 0 aliphatic carbocycles. The molecule has 0 aliphatic rings. The molecule has 16 nitrogen and oxygen atoms in total. The Bertz CT molecular complexity index is 1130. The number of nitrogens with zero attached hydrogens (tertiary/aromatic N) is 2. The van der Waals surface area contributed by atoms with E-state index in [1.807, 2.05) is 0 Å². The Morgan fingerprint density at radius 1 is 1.08 bits per heavy atom. The fourth-order valence-corrected chi connectivity index (χ4v) is 4.43. The van der Waals surface area contributed by atoms with Gasteiger partial charge in [-0.2, -0.15) is 0 Å². The van der Waals surface area contributed by atoms with E-state index in [-0.39, 0.29) is 31.2 Å². The van der Waals surface area contributed by atoms with E-state index in [2.05, 4.69) is 25.5 Å². The molecule has 0 heterocycles. The topological polar surface area (TPSA) is 282 Å². The zero-order valence-corrected chi connectivity index (χ0v) is 21.2. The van der Waals surface area contributed by atoms with Crippen molar-refractivity contribution in [2.45, 2.75) is 43.5 Å². The lowest BCUT2D eigenvalue weighted by Crippen LogP contribution is -2.50. The summed E-state index contributed by atoms with van der Waals surface area (Å²) < 4.78 is 27.5. The molecule has 0 aromatic heterocycles. The fraction of sp³-hybridized carbons (Fsp3) is 0.429. The Hall–Kier alpha value is -4.25. The first-order valence-corrected chi connectivity index (χ1v) is 12.9. The highest BCUT2D eigenvalue weighted by atomic mass is 32.2. The van der Waals surface area contributed by atoms with Crippen LogP contribution in [0.1, 0.15) is 36.8 Å². The van der Waals surface area contributed by atoms with E-state index in [1.165, 1.54) is 24.3 Å². The quantitative estimate of drug-likeness (QED) is 0.0244.